The molecule has 1 aromatic rings. The number of oxime groups is 1. The average molecular weight is 290 g/mol. The maximum Gasteiger partial charge on any atom is 0.317 e. The Labute approximate surface area is 124 Å². The van der Waals surface area contributed by atoms with Crippen LogP contribution < -0.4 is 11.1 Å². The molecule has 0 saturated carbocycles. The second-order valence-electron chi connectivity index (χ2n) is 5.25. The molecule has 0 bridgehead atoms. The van der Waals surface area contributed by atoms with Crippen LogP contribution in [-0.4, -0.2) is 35.1 Å². The molecule has 1 fully saturated rings. The predicted molar refractivity (Wildman–Crippen MR) is 81.2 cm³/mol. The van der Waals surface area contributed by atoms with Gasteiger partial charge in [-0.15, -0.1) is 0 Å². The number of nitrogens with two attached hydrogens (primary N) is 1. The van der Waals surface area contributed by atoms with Crippen LogP contribution in [0.4, 0.5) is 4.79 Å². The van der Waals surface area contributed by atoms with Gasteiger partial charge in [0.05, 0.1) is 0 Å². The fourth-order valence-electron chi connectivity index (χ4n) is 2.46. The van der Waals surface area contributed by atoms with Crippen LogP contribution in [0.5, 0.6) is 0 Å². The molecule has 6 heteroatoms. The van der Waals surface area contributed by atoms with E-state index in [1.54, 1.807) is 12.1 Å². The van der Waals surface area contributed by atoms with Crippen LogP contribution in [0.2, 0.25) is 0 Å². The van der Waals surface area contributed by atoms with Crippen LogP contribution in [-0.2, 0) is 6.54 Å². The summed E-state index contributed by atoms with van der Waals surface area (Å²) in [5.41, 5.74) is 7.11. The summed E-state index contributed by atoms with van der Waals surface area (Å²) in [5, 5.41) is 14.6. The molecule has 1 heterocycles. The van der Waals surface area contributed by atoms with Gasteiger partial charge >= 0.3 is 6.03 Å². The Balaban J connectivity index is 1.91. The third-order valence-corrected chi connectivity index (χ3v) is 3.67. The Morgan fingerprint density at radius 2 is 2.00 bits per heavy atom. The molecule has 0 atom stereocenters. The van der Waals surface area contributed by atoms with Gasteiger partial charge in [0.1, 0.15) is 0 Å². The first-order chi connectivity index (χ1) is 10.2. The number of likely N-dealkylation sites (tertiary alicyclic amines) is 1. The van der Waals surface area contributed by atoms with Crippen molar-refractivity contribution in [3.63, 3.8) is 0 Å². The normalized spacial score (nSPS) is 16.4. The van der Waals surface area contributed by atoms with E-state index in [-0.39, 0.29) is 11.9 Å². The number of amides is 2. The molecule has 1 aromatic carbocycles. The molecule has 2 rings (SSSR count). The predicted octanol–water partition coefficient (Wildman–Crippen LogP) is 1.87. The minimum atomic E-state index is -0.0221. The number of amidine groups is 1. The highest BCUT2D eigenvalue weighted by Crippen LogP contribution is 2.10. The monoisotopic (exact) mass is 290 g/mol. The summed E-state index contributed by atoms with van der Waals surface area (Å²) in [6.45, 7) is 2.09. The minimum absolute atomic E-state index is 0.0221. The summed E-state index contributed by atoms with van der Waals surface area (Å²) in [5.74, 6) is 0.0655. The molecule has 21 heavy (non-hydrogen) atoms. The first kappa shape index (κ1) is 15.2. The van der Waals surface area contributed by atoms with E-state index in [0.717, 1.165) is 31.5 Å². The molecule has 0 aromatic heterocycles. The lowest BCUT2D eigenvalue weighted by atomic mass is 10.1. The van der Waals surface area contributed by atoms with Crippen LogP contribution in [0, 0.1) is 0 Å². The molecular weight excluding hydrogens is 268 g/mol. The smallest absolute Gasteiger partial charge is 0.317 e. The number of nitrogens with zero attached hydrogens (tertiary/aromatic N) is 2. The summed E-state index contributed by atoms with van der Waals surface area (Å²) < 4.78 is 0. The number of rotatable bonds is 3. The summed E-state index contributed by atoms with van der Waals surface area (Å²) in [6.07, 6.45) is 4.55. The van der Waals surface area contributed by atoms with E-state index in [4.69, 9.17) is 10.9 Å². The molecule has 114 valence electrons. The molecular formula is C15H22N4O2. The lowest BCUT2D eigenvalue weighted by molar-refractivity contribution is 0.199. The minimum Gasteiger partial charge on any atom is -0.409 e. The van der Waals surface area contributed by atoms with Gasteiger partial charge in [-0.05, 0) is 24.5 Å². The zero-order chi connectivity index (χ0) is 15.1. The van der Waals surface area contributed by atoms with Gasteiger partial charge in [-0.25, -0.2) is 4.79 Å². The van der Waals surface area contributed by atoms with E-state index in [0.29, 0.717) is 12.1 Å². The van der Waals surface area contributed by atoms with Crippen molar-refractivity contribution in [3.05, 3.63) is 35.4 Å². The lowest BCUT2D eigenvalue weighted by Gasteiger charge is -2.20. The number of hydrogen-bond donors (Lipinski definition) is 3. The summed E-state index contributed by atoms with van der Waals surface area (Å²) in [7, 11) is 0. The summed E-state index contributed by atoms with van der Waals surface area (Å²) >= 11 is 0. The zero-order valence-corrected chi connectivity index (χ0v) is 12.1. The van der Waals surface area contributed by atoms with Gasteiger partial charge in [0.25, 0.3) is 0 Å². The van der Waals surface area contributed by atoms with Crippen molar-refractivity contribution in [1.82, 2.24) is 10.2 Å². The molecule has 0 aliphatic carbocycles. The molecule has 0 spiro atoms. The number of carbonyl (C=O) groups excluding carboxylic acids is 1. The van der Waals surface area contributed by atoms with Crippen LogP contribution in [0.15, 0.2) is 29.4 Å². The molecule has 1 aliphatic rings. The van der Waals surface area contributed by atoms with Gasteiger partial charge in [0.2, 0.25) is 0 Å². The first-order valence-corrected chi connectivity index (χ1v) is 7.30. The Hall–Kier alpha value is -2.24. The Kier molecular flexibility index (Phi) is 5.43. The third-order valence-electron chi connectivity index (χ3n) is 3.67. The zero-order valence-electron chi connectivity index (χ0n) is 12.1. The average Bonchev–Trinajstić information content (AvgIpc) is 2.81. The topological polar surface area (TPSA) is 91.0 Å². The van der Waals surface area contributed by atoms with E-state index in [9.17, 15) is 4.79 Å². The summed E-state index contributed by atoms with van der Waals surface area (Å²) in [6, 6.07) is 7.26. The highest BCUT2D eigenvalue weighted by Gasteiger charge is 2.14. The quantitative estimate of drug-likeness (QED) is 0.343. The van der Waals surface area contributed by atoms with Gasteiger partial charge < -0.3 is 21.2 Å². The van der Waals surface area contributed by atoms with Crippen molar-refractivity contribution >= 4 is 11.9 Å². The highest BCUT2D eigenvalue weighted by molar-refractivity contribution is 5.97. The second-order valence-corrected chi connectivity index (χ2v) is 5.25. The van der Waals surface area contributed by atoms with Gasteiger partial charge in [-0.3, -0.25) is 0 Å². The van der Waals surface area contributed by atoms with Gasteiger partial charge in [0.15, 0.2) is 5.84 Å². The molecule has 6 nitrogen and oxygen atoms in total. The van der Waals surface area contributed by atoms with E-state index in [1.165, 1.54) is 12.8 Å². The number of urea groups is 1. The first-order valence-electron chi connectivity index (χ1n) is 7.30. The maximum atomic E-state index is 12.1. The fraction of sp³-hybridized carbons (Fsp3) is 0.467. The Bertz CT molecular complexity index is 508. The largest absolute Gasteiger partial charge is 0.409 e. The van der Waals surface area contributed by atoms with E-state index in [2.05, 4.69) is 10.5 Å². The molecule has 0 radical (unpaired) electrons. The Morgan fingerprint density at radius 3 is 2.67 bits per heavy atom. The van der Waals surface area contributed by atoms with Gasteiger partial charge in [0, 0.05) is 25.2 Å². The van der Waals surface area contributed by atoms with E-state index < -0.39 is 0 Å². The van der Waals surface area contributed by atoms with Crippen molar-refractivity contribution in [2.75, 3.05) is 13.1 Å². The molecule has 1 saturated heterocycles. The summed E-state index contributed by atoms with van der Waals surface area (Å²) in [4.78, 5) is 14.0. The van der Waals surface area contributed by atoms with Crippen LogP contribution >= 0.6 is 0 Å². The van der Waals surface area contributed by atoms with E-state index in [1.807, 2.05) is 17.0 Å². The van der Waals surface area contributed by atoms with Crippen LogP contribution in [0.1, 0.15) is 36.8 Å². The van der Waals surface area contributed by atoms with E-state index >= 15 is 0 Å². The number of benzene rings is 1. The number of hydrogen-bond acceptors (Lipinski definition) is 3. The third kappa shape index (κ3) is 4.37. The van der Waals surface area contributed by atoms with Crippen molar-refractivity contribution in [3.8, 4) is 0 Å². The highest BCUT2D eigenvalue weighted by atomic mass is 16.4. The second kappa shape index (κ2) is 7.52. The number of carbonyl (C=O) groups is 1. The van der Waals surface area contributed by atoms with Crippen molar-refractivity contribution in [2.24, 2.45) is 10.9 Å². The molecule has 1 aliphatic heterocycles. The standard InChI is InChI=1S/C15H22N4O2/c16-14(18-21)13-7-5-6-12(10-13)11-17-15(20)19-8-3-1-2-4-9-19/h5-7,10,21H,1-4,8-9,11H2,(H2,16,18)(H,17,20). The lowest BCUT2D eigenvalue weighted by Crippen LogP contribution is -2.40. The van der Waals surface area contributed by atoms with Crippen molar-refractivity contribution in [2.45, 2.75) is 32.2 Å². The van der Waals surface area contributed by atoms with Crippen molar-refractivity contribution < 1.29 is 10.0 Å². The van der Waals surface area contributed by atoms with Crippen LogP contribution in [0.25, 0.3) is 0 Å². The molecule has 4 N–H and O–H groups in total. The van der Waals surface area contributed by atoms with Gasteiger partial charge in [-0.2, -0.15) is 0 Å². The van der Waals surface area contributed by atoms with Crippen molar-refractivity contribution in [1.29, 1.82) is 0 Å². The fourth-order valence-corrected chi connectivity index (χ4v) is 2.46. The number of nitrogens with one attached hydrogen (secondary N) is 1. The van der Waals surface area contributed by atoms with Crippen LogP contribution in [0.3, 0.4) is 0 Å². The van der Waals surface area contributed by atoms with Gasteiger partial charge in [-0.1, -0.05) is 36.2 Å². The maximum absolute atomic E-state index is 12.1. The SMILES string of the molecule is NC(=NO)c1cccc(CNC(=O)N2CCCCCC2)c1. The molecule has 0 unspecified atom stereocenters. The Morgan fingerprint density at radius 1 is 1.29 bits per heavy atom. The molecule has 2 amide bonds.